The molecule has 0 aliphatic heterocycles. The summed E-state index contributed by atoms with van der Waals surface area (Å²) in [6, 6.07) is -0.139. The predicted molar refractivity (Wildman–Crippen MR) is 60.3 cm³/mol. The van der Waals surface area contributed by atoms with E-state index < -0.39 is 0 Å². The van der Waals surface area contributed by atoms with Crippen LogP contribution in [0.5, 0.6) is 0 Å². The van der Waals surface area contributed by atoms with Gasteiger partial charge in [0.1, 0.15) is 0 Å². The molecular formula is C12H21NO2. The van der Waals surface area contributed by atoms with Gasteiger partial charge in [-0.2, -0.15) is 0 Å². The second-order valence-corrected chi connectivity index (χ2v) is 4.30. The zero-order chi connectivity index (χ0) is 11.3. The molecule has 0 aromatic rings. The van der Waals surface area contributed by atoms with E-state index >= 15 is 0 Å². The Morgan fingerprint density at radius 2 is 2.33 bits per heavy atom. The molecule has 0 aromatic heterocycles. The lowest BCUT2D eigenvalue weighted by atomic mass is 9.88. The van der Waals surface area contributed by atoms with Gasteiger partial charge in [-0.05, 0) is 39.0 Å². The molecule has 3 heteroatoms. The molecule has 0 unspecified atom stereocenters. The lowest BCUT2D eigenvalue weighted by molar-refractivity contribution is -0.146. The van der Waals surface area contributed by atoms with Gasteiger partial charge in [0.15, 0.2) is 0 Å². The maximum absolute atomic E-state index is 11.5. The number of carbonyl (C=O) groups is 1. The fraction of sp³-hybridized carbons (Fsp3) is 0.750. The lowest BCUT2D eigenvalue weighted by Crippen LogP contribution is -2.34. The first kappa shape index (κ1) is 12.2. The van der Waals surface area contributed by atoms with Crippen LogP contribution in [0.1, 0.15) is 39.0 Å². The molecule has 86 valence electrons. The number of ether oxygens (including phenoxy) is 1. The maximum Gasteiger partial charge on any atom is 0.310 e. The molecule has 15 heavy (non-hydrogen) atoms. The quantitative estimate of drug-likeness (QED) is 0.571. The van der Waals surface area contributed by atoms with E-state index in [2.05, 4.69) is 6.08 Å². The third-order valence-electron chi connectivity index (χ3n) is 3.01. The van der Waals surface area contributed by atoms with Crippen molar-refractivity contribution in [1.29, 1.82) is 0 Å². The Hall–Kier alpha value is -0.830. The molecule has 0 aromatic carbocycles. The first-order chi connectivity index (χ1) is 7.15. The highest BCUT2D eigenvalue weighted by Crippen LogP contribution is 2.25. The smallest absolute Gasteiger partial charge is 0.310 e. The van der Waals surface area contributed by atoms with Gasteiger partial charge in [-0.15, -0.1) is 0 Å². The van der Waals surface area contributed by atoms with Crippen molar-refractivity contribution in [3.63, 3.8) is 0 Å². The SMILES string of the molecule is COC(=O)[C@H](CC1=CCCCC1)[C@@H](C)N. The molecule has 1 aliphatic rings. The van der Waals surface area contributed by atoms with Crippen molar-refractivity contribution < 1.29 is 9.53 Å². The topological polar surface area (TPSA) is 52.3 Å². The van der Waals surface area contributed by atoms with Crippen LogP contribution in [0, 0.1) is 5.92 Å². The number of carbonyl (C=O) groups excluding carboxylic acids is 1. The number of hydrogen-bond acceptors (Lipinski definition) is 3. The van der Waals surface area contributed by atoms with Gasteiger partial charge >= 0.3 is 5.97 Å². The second kappa shape index (κ2) is 5.91. The highest BCUT2D eigenvalue weighted by Gasteiger charge is 2.24. The van der Waals surface area contributed by atoms with Crippen molar-refractivity contribution >= 4 is 5.97 Å². The van der Waals surface area contributed by atoms with Crippen LogP contribution in [0.4, 0.5) is 0 Å². The molecule has 0 spiro atoms. The summed E-state index contributed by atoms with van der Waals surface area (Å²) in [6.07, 6.45) is 7.78. The van der Waals surface area contributed by atoms with Crippen molar-refractivity contribution in [3.8, 4) is 0 Å². The lowest BCUT2D eigenvalue weighted by Gasteiger charge is -2.21. The van der Waals surface area contributed by atoms with Gasteiger partial charge in [-0.3, -0.25) is 4.79 Å². The van der Waals surface area contributed by atoms with Crippen molar-refractivity contribution in [1.82, 2.24) is 0 Å². The normalized spacial score (nSPS) is 20.3. The van der Waals surface area contributed by atoms with Crippen LogP contribution in [-0.4, -0.2) is 19.1 Å². The third-order valence-corrected chi connectivity index (χ3v) is 3.01. The van der Waals surface area contributed by atoms with E-state index in [1.807, 2.05) is 6.92 Å². The summed E-state index contributed by atoms with van der Waals surface area (Å²) in [7, 11) is 1.42. The predicted octanol–water partition coefficient (Wildman–Crippen LogP) is 2.01. The van der Waals surface area contributed by atoms with E-state index in [0.29, 0.717) is 0 Å². The van der Waals surface area contributed by atoms with E-state index in [0.717, 1.165) is 19.3 Å². The van der Waals surface area contributed by atoms with Gasteiger partial charge in [0.2, 0.25) is 0 Å². The van der Waals surface area contributed by atoms with Crippen molar-refractivity contribution in [3.05, 3.63) is 11.6 Å². The summed E-state index contributed by atoms with van der Waals surface area (Å²) < 4.78 is 4.77. The monoisotopic (exact) mass is 211 g/mol. The van der Waals surface area contributed by atoms with Crippen LogP contribution in [0.2, 0.25) is 0 Å². The Kier molecular flexibility index (Phi) is 4.82. The minimum Gasteiger partial charge on any atom is -0.469 e. The average molecular weight is 211 g/mol. The first-order valence-electron chi connectivity index (χ1n) is 5.66. The number of hydrogen-bond donors (Lipinski definition) is 1. The van der Waals surface area contributed by atoms with Gasteiger partial charge in [0.05, 0.1) is 13.0 Å². The third kappa shape index (κ3) is 3.67. The van der Waals surface area contributed by atoms with Gasteiger partial charge in [-0.25, -0.2) is 0 Å². The summed E-state index contributed by atoms with van der Waals surface area (Å²) in [6.45, 7) is 1.87. The number of esters is 1. The van der Waals surface area contributed by atoms with E-state index in [4.69, 9.17) is 10.5 Å². The molecule has 0 fully saturated rings. The number of rotatable bonds is 4. The zero-order valence-electron chi connectivity index (χ0n) is 9.66. The standard InChI is InChI=1S/C12H21NO2/c1-9(13)11(12(14)15-2)8-10-6-4-3-5-7-10/h6,9,11H,3-5,7-8,13H2,1-2H3/t9-,11-/m1/s1. The van der Waals surface area contributed by atoms with Crippen LogP contribution in [0.15, 0.2) is 11.6 Å². The average Bonchev–Trinajstić information content (AvgIpc) is 2.26. The van der Waals surface area contributed by atoms with Crippen LogP contribution in [0.25, 0.3) is 0 Å². The van der Waals surface area contributed by atoms with Crippen molar-refractivity contribution in [2.45, 2.75) is 45.1 Å². The maximum atomic E-state index is 11.5. The molecule has 0 bridgehead atoms. The number of nitrogens with two attached hydrogens (primary N) is 1. The molecule has 2 N–H and O–H groups in total. The van der Waals surface area contributed by atoms with Crippen LogP contribution in [-0.2, 0) is 9.53 Å². The fourth-order valence-corrected chi connectivity index (χ4v) is 2.01. The number of methoxy groups -OCH3 is 1. The molecule has 0 heterocycles. The molecule has 1 aliphatic carbocycles. The minimum absolute atomic E-state index is 0.139. The van der Waals surface area contributed by atoms with Crippen molar-refractivity contribution in [2.24, 2.45) is 11.7 Å². The fourth-order valence-electron chi connectivity index (χ4n) is 2.01. The Morgan fingerprint density at radius 3 is 2.80 bits per heavy atom. The van der Waals surface area contributed by atoms with Crippen LogP contribution < -0.4 is 5.73 Å². The summed E-state index contributed by atoms with van der Waals surface area (Å²) in [5.74, 6) is -0.365. The summed E-state index contributed by atoms with van der Waals surface area (Å²) in [5.41, 5.74) is 7.17. The van der Waals surface area contributed by atoms with Crippen LogP contribution in [0.3, 0.4) is 0 Å². The molecular weight excluding hydrogens is 190 g/mol. The van der Waals surface area contributed by atoms with Crippen LogP contribution >= 0.6 is 0 Å². The molecule has 0 saturated heterocycles. The van der Waals surface area contributed by atoms with Gasteiger partial charge in [-0.1, -0.05) is 11.6 Å². The van der Waals surface area contributed by atoms with E-state index in [1.165, 1.54) is 25.5 Å². The molecule has 2 atom stereocenters. The highest BCUT2D eigenvalue weighted by molar-refractivity contribution is 5.73. The molecule has 0 saturated carbocycles. The van der Waals surface area contributed by atoms with E-state index in [9.17, 15) is 4.79 Å². The Balaban J connectivity index is 2.57. The highest BCUT2D eigenvalue weighted by atomic mass is 16.5. The Morgan fingerprint density at radius 1 is 1.60 bits per heavy atom. The second-order valence-electron chi connectivity index (χ2n) is 4.30. The Labute approximate surface area is 91.7 Å². The molecule has 0 amide bonds. The minimum atomic E-state index is -0.184. The molecule has 1 rings (SSSR count). The summed E-state index contributed by atoms with van der Waals surface area (Å²) in [4.78, 5) is 11.5. The summed E-state index contributed by atoms with van der Waals surface area (Å²) >= 11 is 0. The largest absolute Gasteiger partial charge is 0.469 e. The summed E-state index contributed by atoms with van der Waals surface area (Å²) in [5, 5.41) is 0. The molecule has 3 nitrogen and oxygen atoms in total. The van der Waals surface area contributed by atoms with Gasteiger partial charge in [0, 0.05) is 6.04 Å². The van der Waals surface area contributed by atoms with E-state index in [1.54, 1.807) is 0 Å². The van der Waals surface area contributed by atoms with Gasteiger partial charge < -0.3 is 10.5 Å². The van der Waals surface area contributed by atoms with Gasteiger partial charge in [0.25, 0.3) is 0 Å². The molecule has 0 radical (unpaired) electrons. The number of allylic oxidation sites excluding steroid dienone is 2. The Bertz CT molecular complexity index is 246. The first-order valence-corrected chi connectivity index (χ1v) is 5.66. The zero-order valence-corrected chi connectivity index (χ0v) is 9.66. The van der Waals surface area contributed by atoms with Crippen molar-refractivity contribution in [2.75, 3.05) is 7.11 Å². The van der Waals surface area contributed by atoms with E-state index in [-0.39, 0.29) is 17.9 Å².